The van der Waals surface area contributed by atoms with E-state index in [4.69, 9.17) is 15.2 Å². The zero-order valence-corrected chi connectivity index (χ0v) is 11.9. The lowest BCUT2D eigenvalue weighted by Gasteiger charge is -2.30. The Bertz CT molecular complexity index is 463. The maximum Gasteiger partial charge on any atom is 0.192 e. The minimum absolute atomic E-state index is 0.143. The third kappa shape index (κ3) is 2.59. The fourth-order valence-electron chi connectivity index (χ4n) is 2.42. The Labute approximate surface area is 114 Å². The van der Waals surface area contributed by atoms with Gasteiger partial charge in [-0.3, -0.25) is 4.99 Å². The summed E-state index contributed by atoms with van der Waals surface area (Å²) in [4.78, 5) is 6.47. The van der Waals surface area contributed by atoms with Gasteiger partial charge in [0, 0.05) is 12.1 Å². The molecule has 19 heavy (non-hydrogen) atoms. The molecule has 0 amide bonds. The number of hydrogen-bond donors (Lipinski definition) is 1. The number of guanidine groups is 1. The third-order valence-corrected chi connectivity index (χ3v) is 3.34. The monoisotopic (exact) mass is 263 g/mol. The van der Waals surface area contributed by atoms with Gasteiger partial charge in [0.05, 0.1) is 26.8 Å². The Morgan fingerprint density at radius 1 is 1.21 bits per heavy atom. The van der Waals surface area contributed by atoms with Gasteiger partial charge in [0.1, 0.15) is 11.5 Å². The fraction of sp³-hybridized carbons (Fsp3) is 0.500. The molecule has 1 aliphatic heterocycles. The molecule has 0 saturated heterocycles. The lowest BCUT2D eigenvalue weighted by atomic mass is 10.0. The van der Waals surface area contributed by atoms with Crippen molar-refractivity contribution >= 4 is 5.96 Å². The summed E-state index contributed by atoms with van der Waals surface area (Å²) in [6.07, 6.45) is 0. The van der Waals surface area contributed by atoms with Crippen molar-refractivity contribution < 1.29 is 9.47 Å². The summed E-state index contributed by atoms with van der Waals surface area (Å²) in [5, 5.41) is 0. The summed E-state index contributed by atoms with van der Waals surface area (Å²) in [6.45, 7) is 4.89. The SMILES string of the molecule is COc1cc(OC)cc(C2CN=C(N)N2C(C)C)c1. The van der Waals surface area contributed by atoms with E-state index < -0.39 is 0 Å². The van der Waals surface area contributed by atoms with Crippen LogP contribution in [0.25, 0.3) is 0 Å². The predicted molar refractivity (Wildman–Crippen MR) is 75.8 cm³/mol. The molecule has 5 nitrogen and oxygen atoms in total. The van der Waals surface area contributed by atoms with Crippen molar-refractivity contribution in [2.45, 2.75) is 25.9 Å². The molecule has 0 radical (unpaired) electrons. The van der Waals surface area contributed by atoms with Crippen LogP contribution in [0.1, 0.15) is 25.5 Å². The zero-order chi connectivity index (χ0) is 14.0. The second kappa shape index (κ2) is 5.38. The van der Waals surface area contributed by atoms with E-state index in [0.717, 1.165) is 17.1 Å². The molecule has 1 aliphatic rings. The van der Waals surface area contributed by atoms with E-state index in [2.05, 4.69) is 23.7 Å². The number of ether oxygens (including phenoxy) is 2. The quantitative estimate of drug-likeness (QED) is 0.899. The molecule has 5 heteroatoms. The first-order valence-electron chi connectivity index (χ1n) is 6.38. The third-order valence-electron chi connectivity index (χ3n) is 3.34. The van der Waals surface area contributed by atoms with Gasteiger partial charge in [-0.05, 0) is 31.5 Å². The van der Waals surface area contributed by atoms with Gasteiger partial charge in [0.2, 0.25) is 0 Å². The van der Waals surface area contributed by atoms with Gasteiger partial charge in [0.15, 0.2) is 5.96 Å². The van der Waals surface area contributed by atoms with Gasteiger partial charge in [-0.15, -0.1) is 0 Å². The normalized spacial score (nSPS) is 18.7. The van der Waals surface area contributed by atoms with Crippen molar-refractivity contribution in [3.05, 3.63) is 23.8 Å². The molecule has 104 valence electrons. The van der Waals surface area contributed by atoms with Crippen LogP contribution in [0.2, 0.25) is 0 Å². The van der Waals surface area contributed by atoms with Gasteiger partial charge in [-0.25, -0.2) is 0 Å². The first-order chi connectivity index (χ1) is 9.06. The van der Waals surface area contributed by atoms with E-state index >= 15 is 0 Å². The van der Waals surface area contributed by atoms with Crippen LogP contribution in [0.5, 0.6) is 11.5 Å². The van der Waals surface area contributed by atoms with Crippen molar-refractivity contribution in [1.29, 1.82) is 0 Å². The molecule has 1 aromatic carbocycles. The largest absolute Gasteiger partial charge is 0.497 e. The molecule has 0 spiro atoms. The average molecular weight is 263 g/mol. The predicted octanol–water partition coefficient (Wildman–Crippen LogP) is 1.78. The molecule has 1 atom stereocenters. The molecule has 0 fully saturated rings. The molecule has 1 aromatic rings. The molecule has 0 aromatic heterocycles. The number of methoxy groups -OCH3 is 2. The van der Waals surface area contributed by atoms with Crippen LogP contribution in [0.4, 0.5) is 0 Å². The fourth-order valence-corrected chi connectivity index (χ4v) is 2.42. The summed E-state index contributed by atoms with van der Waals surface area (Å²) in [5.74, 6) is 2.16. The van der Waals surface area contributed by atoms with Crippen molar-refractivity contribution in [3.8, 4) is 11.5 Å². The number of nitrogens with zero attached hydrogens (tertiary/aromatic N) is 2. The van der Waals surface area contributed by atoms with Gasteiger partial charge in [0.25, 0.3) is 0 Å². The zero-order valence-electron chi connectivity index (χ0n) is 11.9. The second-order valence-electron chi connectivity index (χ2n) is 4.86. The topological polar surface area (TPSA) is 60.1 Å². The Morgan fingerprint density at radius 2 is 1.79 bits per heavy atom. The molecule has 2 rings (SSSR count). The van der Waals surface area contributed by atoms with Gasteiger partial charge < -0.3 is 20.1 Å². The highest BCUT2D eigenvalue weighted by atomic mass is 16.5. The summed E-state index contributed by atoms with van der Waals surface area (Å²) >= 11 is 0. The summed E-state index contributed by atoms with van der Waals surface area (Å²) < 4.78 is 10.6. The minimum atomic E-state index is 0.143. The highest BCUT2D eigenvalue weighted by molar-refractivity contribution is 5.80. The van der Waals surface area contributed by atoms with Crippen LogP contribution in [-0.4, -0.2) is 37.7 Å². The molecular weight excluding hydrogens is 242 g/mol. The van der Waals surface area contributed by atoms with Crippen LogP contribution in [0.15, 0.2) is 23.2 Å². The first kappa shape index (κ1) is 13.5. The number of hydrogen-bond acceptors (Lipinski definition) is 5. The van der Waals surface area contributed by atoms with Crippen molar-refractivity contribution in [1.82, 2.24) is 4.90 Å². The maximum absolute atomic E-state index is 5.96. The Morgan fingerprint density at radius 3 is 2.26 bits per heavy atom. The van der Waals surface area contributed by atoms with Crippen LogP contribution >= 0.6 is 0 Å². The molecule has 0 aliphatic carbocycles. The van der Waals surface area contributed by atoms with E-state index in [-0.39, 0.29) is 6.04 Å². The summed E-state index contributed by atoms with van der Waals surface area (Å²) in [5.41, 5.74) is 7.07. The molecule has 1 unspecified atom stereocenters. The van der Waals surface area contributed by atoms with Crippen molar-refractivity contribution in [3.63, 3.8) is 0 Å². The van der Waals surface area contributed by atoms with E-state index in [9.17, 15) is 0 Å². The smallest absolute Gasteiger partial charge is 0.192 e. The molecular formula is C14H21N3O2. The molecule has 1 heterocycles. The summed E-state index contributed by atoms with van der Waals surface area (Å²) in [7, 11) is 3.30. The maximum atomic E-state index is 5.96. The lowest BCUT2D eigenvalue weighted by molar-refractivity contribution is 0.288. The molecule has 0 saturated carbocycles. The standard InChI is InChI=1S/C14H21N3O2/c1-9(2)17-13(8-16-14(17)15)10-5-11(18-3)7-12(6-10)19-4/h5-7,9,13H,8H2,1-4H3,(H2,15,16). The van der Waals surface area contributed by atoms with Crippen molar-refractivity contribution in [2.75, 3.05) is 20.8 Å². The van der Waals surface area contributed by atoms with E-state index in [1.54, 1.807) is 14.2 Å². The molecule has 2 N–H and O–H groups in total. The van der Waals surface area contributed by atoms with Gasteiger partial charge >= 0.3 is 0 Å². The van der Waals surface area contributed by atoms with E-state index in [1.165, 1.54) is 0 Å². The Hall–Kier alpha value is -1.91. The number of aliphatic imine (C=N–C) groups is 1. The Kier molecular flexibility index (Phi) is 3.83. The first-order valence-corrected chi connectivity index (χ1v) is 6.38. The van der Waals surface area contributed by atoms with Crippen LogP contribution < -0.4 is 15.2 Å². The van der Waals surface area contributed by atoms with E-state index in [0.29, 0.717) is 18.5 Å². The highest BCUT2D eigenvalue weighted by Crippen LogP contribution is 2.32. The summed E-state index contributed by atoms with van der Waals surface area (Å²) in [6, 6.07) is 6.33. The number of rotatable bonds is 4. The van der Waals surface area contributed by atoms with Gasteiger partial charge in [-0.1, -0.05) is 0 Å². The lowest BCUT2D eigenvalue weighted by Crippen LogP contribution is -2.40. The highest BCUT2D eigenvalue weighted by Gasteiger charge is 2.30. The van der Waals surface area contributed by atoms with Gasteiger partial charge in [-0.2, -0.15) is 0 Å². The second-order valence-corrected chi connectivity index (χ2v) is 4.86. The van der Waals surface area contributed by atoms with Crippen LogP contribution in [0.3, 0.4) is 0 Å². The van der Waals surface area contributed by atoms with Crippen LogP contribution in [0, 0.1) is 0 Å². The Balaban J connectivity index is 2.36. The molecule has 0 bridgehead atoms. The van der Waals surface area contributed by atoms with Crippen molar-refractivity contribution in [2.24, 2.45) is 10.7 Å². The minimum Gasteiger partial charge on any atom is -0.497 e. The van der Waals surface area contributed by atoms with E-state index in [1.807, 2.05) is 18.2 Å². The van der Waals surface area contributed by atoms with Crippen LogP contribution in [-0.2, 0) is 0 Å². The number of benzene rings is 1. The average Bonchev–Trinajstić information content (AvgIpc) is 2.80. The number of nitrogens with two attached hydrogens (primary N) is 1.